The van der Waals surface area contributed by atoms with Crippen LogP contribution in [0.5, 0.6) is 0 Å². The molecule has 80 valence electrons. The van der Waals surface area contributed by atoms with Gasteiger partial charge in [0.25, 0.3) is 0 Å². The lowest BCUT2D eigenvalue weighted by atomic mass is 10.1. The number of likely N-dealkylation sites (tertiary alicyclic amines) is 1. The van der Waals surface area contributed by atoms with Gasteiger partial charge in [-0.05, 0) is 6.90 Å². The summed E-state index contributed by atoms with van der Waals surface area (Å²) in [6.07, 6.45) is -4.78. The van der Waals surface area contributed by atoms with Crippen molar-refractivity contribution in [3.8, 4) is 0 Å². The first kappa shape index (κ1) is 7.50. The summed E-state index contributed by atoms with van der Waals surface area (Å²) in [5.74, 6) is -1.94. The smallest absolute Gasteiger partial charge is 0.371 e. The highest BCUT2D eigenvalue weighted by Crippen LogP contribution is 2.38. The Balaban J connectivity index is 2.19. The molecule has 14 heavy (non-hydrogen) atoms. The molecule has 0 aromatic rings. The Morgan fingerprint density at radius 1 is 1.86 bits per heavy atom. The van der Waals surface area contributed by atoms with E-state index in [0.717, 1.165) is 0 Å². The average molecular weight is 212 g/mol. The highest BCUT2D eigenvalue weighted by Gasteiger charge is 2.55. The van der Waals surface area contributed by atoms with Gasteiger partial charge in [-0.1, -0.05) is 0 Å². The second kappa shape index (κ2) is 2.62. The molecule has 2 aliphatic rings. The van der Waals surface area contributed by atoms with E-state index < -0.39 is 30.3 Å². The lowest BCUT2D eigenvalue weighted by Crippen LogP contribution is -2.49. The van der Waals surface area contributed by atoms with Gasteiger partial charge in [0.2, 0.25) is 0 Å². The summed E-state index contributed by atoms with van der Waals surface area (Å²) in [5, 5.41) is 0. The molecule has 2 aliphatic heterocycles. The molecular formula is C8H10F3NO2. The molecule has 3 atom stereocenters. The summed E-state index contributed by atoms with van der Waals surface area (Å²) in [5.41, 5.74) is -1.07. The van der Waals surface area contributed by atoms with Crippen LogP contribution >= 0.6 is 0 Å². The molecule has 0 N–H and O–H groups in total. The SMILES string of the molecule is [2H]C[C@]12C[C@@H]([C@H]([3H])O1)N(C(=O)C(F)(F)F)C2. The minimum Gasteiger partial charge on any atom is -0.371 e. The Bertz CT molecular complexity index is 325. The Morgan fingerprint density at radius 2 is 2.57 bits per heavy atom. The van der Waals surface area contributed by atoms with E-state index >= 15 is 0 Å². The number of nitrogens with zero attached hydrogens (tertiary/aromatic N) is 1. The van der Waals surface area contributed by atoms with E-state index in [1.165, 1.54) is 0 Å². The zero-order valence-corrected chi connectivity index (χ0v) is 7.17. The molecule has 6 heteroatoms. The molecular weight excluding hydrogens is 199 g/mol. The molecule has 1 amide bonds. The van der Waals surface area contributed by atoms with E-state index in [9.17, 15) is 18.0 Å². The van der Waals surface area contributed by atoms with E-state index in [-0.39, 0.29) is 19.9 Å². The molecule has 2 rings (SSSR count). The van der Waals surface area contributed by atoms with Gasteiger partial charge in [0.1, 0.15) is 0 Å². The third kappa shape index (κ3) is 1.37. The third-order valence-corrected chi connectivity index (χ3v) is 2.42. The van der Waals surface area contributed by atoms with Gasteiger partial charge in [-0.2, -0.15) is 13.2 Å². The molecule has 2 fully saturated rings. The lowest BCUT2D eigenvalue weighted by Gasteiger charge is -2.30. The van der Waals surface area contributed by atoms with Crippen LogP contribution in [0.25, 0.3) is 0 Å². The maximum absolute atomic E-state index is 12.2. The number of ether oxygens (including phenoxy) is 1. The maximum Gasteiger partial charge on any atom is 0.471 e. The number of carbonyl (C=O) groups excluding carboxylic acids is 1. The molecule has 0 aliphatic carbocycles. The predicted octanol–water partition coefficient (Wildman–Crippen LogP) is 0.939. The van der Waals surface area contributed by atoms with Gasteiger partial charge in [0.05, 0.1) is 26.1 Å². The minimum atomic E-state index is -4.92. The van der Waals surface area contributed by atoms with Crippen LogP contribution in [0.3, 0.4) is 0 Å². The van der Waals surface area contributed by atoms with E-state index in [2.05, 4.69) is 0 Å². The first-order valence-electron chi connectivity index (χ1n) is 5.35. The topological polar surface area (TPSA) is 29.5 Å². The van der Waals surface area contributed by atoms with Crippen molar-refractivity contribution in [3.63, 3.8) is 0 Å². The van der Waals surface area contributed by atoms with Gasteiger partial charge in [0.15, 0.2) is 0 Å². The van der Waals surface area contributed by atoms with Crippen molar-refractivity contribution in [2.75, 3.05) is 13.1 Å². The van der Waals surface area contributed by atoms with E-state index in [4.69, 9.17) is 7.48 Å². The number of rotatable bonds is 0. The molecule has 3 nitrogen and oxygen atoms in total. The fourth-order valence-corrected chi connectivity index (χ4v) is 1.80. The van der Waals surface area contributed by atoms with Crippen molar-refractivity contribution in [2.45, 2.75) is 31.1 Å². The molecule has 2 bridgehead atoms. The second-order valence-corrected chi connectivity index (χ2v) is 3.64. The average Bonchev–Trinajstić information content (AvgIpc) is 2.70. The molecule has 0 aromatic heterocycles. The lowest BCUT2D eigenvalue weighted by molar-refractivity contribution is -0.190. The number of hydrogen-bond acceptors (Lipinski definition) is 2. The van der Waals surface area contributed by atoms with Gasteiger partial charge >= 0.3 is 12.1 Å². The zero-order valence-electron chi connectivity index (χ0n) is 9.17. The summed E-state index contributed by atoms with van der Waals surface area (Å²) < 4.78 is 56.5. The van der Waals surface area contributed by atoms with Gasteiger partial charge in [-0.3, -0.25) is 4.79 Å². The molecule has 2 heterocycles. The van der Waals surface area contributed by atoms with Crippen LogP contribution in [0.15, 0.2) is 0 Å². The summed E-state index contributed by atoms with van der Waals surface area (Å²) in [4.78, 5) is 11.7. The van der Waals surface area contributed by atoms with Crippen molar-refractivity contribution >= 4 is 5.91 Å². The van der Waals surface area contributed by atoms with Gasteiger partial charge < -0.3 is 9.64 Å². The highest BCUT2D eigenvalue weighted by atomic mass is 19.4. The van der Waals surface area contributed by atoms with Crippen molar-refractivity contribution in [1.82, 2.24) is 4.90 Å². The Morgan fingerprint density at radius 3 is 3.07 bits per heavy atom. The Hall–Kier alpha value is -0.780. The van der Waals surface area contributed by atoms with Crippen LogP contribution in [0.2, 0.25) is 0 Å². The van der Waals surface area contributed by atoms with Crippen LogP contribution in [0.1, 0.15) is 16.1 Å². The largest absolute Gasteiger partial charge is 0.471 e. The van der Waals surface area contributed by atoms with Crippen LogP contribution < -0.4 is 0 Å². The maximum atomic E-state index is 12.2. The first-order chi connectivity index (χ1) is 7.29. The molecule has 0 radical (unpaired) electrons. The summed E-state index contributed by atoms with van der Waals surface area (Å²) in [6.45, 7) is -1.65. The van der Waals surface area contributed by atoms with Crippen molar-refractivity contribution in [2.24, 2.45) is 0 Å². The number of morpholine rings is 1. The zero-order chi connectivity index (χ0) is 12.1. The first-order valence-corrected chi connectivity index (χ1v) is 4.06. The summed E-state index contributed by atoms with van der Waals surface area (Å²) in [7, 11) is 0. The summed E-state index contributed by atoms with van der Waals surface area (Å²) in [6, 6.07) is -0.875. The number of alkyl halides is 3. The van der Waals surface area contributed by atoms with E-state index in [1.54, 1.807) is 0 Å². The van der Waals surface area contributed by atoms with Gasteiger partial charge in [0, 0.05) is 7.79 Å². The number of hydrogen-bond donors (Lipinski definition) is 0. The summed E-state index contributed by atoms with van der Waals surface area (Å²) >= 11 is 0. The molecule has 0 saturated carbocycles. The molecule has 0 unspecified atom stereocenters. The van der Waals surface area contributed by atoms with Crippen LogP contribution in [0.4, 0.5) is 13.2 Å². The van der Waals surface area contributed by atoms with Crippen molar-refractivity contribution in [1.29, 1.82) is 0 Å². The van der Waals surface area contributed by atoms with E-state index in [0.29, 0.717) is 4.90 Å². The molecule has 2 saturated heterocycles. The fourth-order valence-electron chi connectivity index (χ4n) is 1.80. The standard InChI is InChI=1S/C8H10F3NO2/c1-7-2-5(3-14-7)12(4-7)6(13)8(9,10)11/h5H,2-4H2,1H3/t5-,7+/m0/s1/i1D,3T/t3-,5-,7+. The van der Waals surface area contributed by atoms with Gasteiger partial charge in [-0.15, -0.1) is 0 Å². The molecule has 0 aromatic carbocycles. The van der Waals surface area contributed by atoms with Crippen LogP contribution in [-0.4, -0.2) is 41.8 Å². The second-order valence-electron chi connectivity index (χ2n) is 3.64. The number of halogens is 3. The quantitative estimate of drug-likeness (QED) is 0.598. The number of carbonyl (C=O) groups is 1. The van der Waals surface area contributed by atoms with E-state index in [1.807, 2.05) is 0 Å². The monoisotopic (exact) mass is 212 g/mol. The Labute approximate surface area is 81.6 Å². The Kier molecular flexibility index (Phi) is 1.41. The van der Waals surface area contributed by atoms with Crippen LogP contribution in [0, 0.1) is 0 Å². The highest BCUT2D eigenvalue weighted by molar-refractivity contribution is 5.82. The van der Waals surface area contributed by atoms with Crippen molar-refractivity contribution < 1.29 is 25.4 Å². The third-order valence-electron chi connectivity index (χ3n) is 2.42. The molecule has 0 spiro atoms. The number of fused-ring (bicyclic) bond motifs is 2. The minimum absolute atomic E-state index is 0.145. The van der Waals surface area contributed by atoms with Gasteiger partial charge in [-0.25, -0.2) is 0 Å². The van der Waals surface area contributed by atoms with Crippen LogP contribution in [-0.2, 0) is 9.53 Å². The van der Waals surface area contributed by atoms with Crippen molar-refractivity contribution in [3.05, 3.63) is 0 Å². The number of amides is 1. The normalized spacial score (nSPS) is 43.8. The fraction of sp³-hybridized carbons (Fsp3) is 0.875. The predicted molar refractivity (Wildman–Crippen MR) is 40.5 cm³/mol.